The molecule has 1 heterocycles. The van der Waals surface area contributed by atoms with Gasteiger partial charge in [0.2, 0.25) is 0 Å². The summed E-state index contributed by atoms with van der Waals surface area (Å²) >= 11 is 0. The summed E-state index contributed by atoms with van der Waals surface area (Å²) in [5.74, 6) is -5.45. The predicted molar refractivity (Wildman–Crippen MR) is 211 cm³/mol. The number of fused-ring (bicyclic) bond motifs is 5. The number of hydrogen-bond donors (Lipinski definition) is 5. The maximum absolute atomic E-state index is 15.5. The highest BCUT2D eigenvalue weighted by Crippen LogP contribution is 2.64. The van der Waals surface area contributed by atoms with E-state index in [0.29, 0.717) is 5.57 Å². The van der Waals surface area contributed by atoms with E-state index >= 15 is 4.79 Å². The van der Waals surface area contributed by atoms with Crippen LogP contribution in [0.5, 0.6) is 0 Å². The number of rotatable bonds is 9. The van der Waals surface area contributed by atoms with Gasteiger partial charge in [0.15, 0.2) is 23.6 Å². The van der Waals surface area contributed by atoms with Crippen LogP contribution in [0.15, 0.2) is 53.1 Å². The third kappa shape index (κ3) is 8.16. The summed E-state index contributed by atoms with van der Waals surface area (Å²) in [5.41, 5.74) is -8.08. The SMILES string of the molecule is CNC(=O)O[C@H]1C(=O)[C@@]2(C)[C@H]([C@H](OC(=O)c3ccccc3)[C@]3(O)C[C@H](OC(=O)[C@H](O)[C@H](C=C(C)C)NC(=O)OC(C)(C)C)C(C)=C1C3(C)C)[C@]1(OC(C)=O)CO[C@@H]1C[C@@H]2O. The Kier molecular flexibility index (Phi) is 12.8. The van der Waals surface area contributed by atoms with Crippen molar-refractivity contribution in [1.29, 1.82) is 0 Å². The van der Waals surface area contributed by atoms with Gasteiger partial charge in [-0.3, -0.25) is 9.59 Å². The van der Waals surface area contributed by atoms with Crippen molar-refractivity contribution >= 4 is 35.9 Å². The third-order valence-electron chi connectivity index (χ3n) is 12.4. The topological polar surface area (TPSA) is 243 Å². The van der Waals surface area contributed by atoms with Gasteiger partial charge in [0.25, 0.3) is 0 Å². The van der Waals surface area contributed by atoms with Crippen LogP contribution in [0.3, 0.4) is 0 Å². The molecule has 2 saturated carbocycles. The maximum Gasteiger partial charge on any atom is 0.408 e. The molecule has 60 heavy (non-hydrogen) atoms. The summed E-state index contributed by atoms with van der Waals surface area (Å²) in [7, 11) is 1.27. The minimum Gasteiger partial charge on any atom is -0.456 e. The highest BCUT2D eigenvalue weighted by molar-refractivity contribution is 5.95. The largest absolute Gasteiger partial charge is 0.456 e. The van der Waals surface area contributed by atoms with Crippen LogP contribution in [-0.2, 0) is 42.8 Å². The normalized spacial score (nSPS) is 32.7. The second-order valence-electron chi connectivity index (χ2n) is 18.1. The van der Waals surface area contributed by atoms with Crippen LogP contribution in [0.1, 0.15) is 92.4 Å². The summed E-state index contributed by atoms with van der Waals surface area (Å²) in [4.78, 5) is 82.7. The molecule has 17 heteroatoms. The summed E-state index contributed by atoms with van der Waals surface area (Å²) in [6.07, 6.45) is -11.2. The molecule has 1 aromatic rings. The number of amides is 2. The lowest BCUT2D eigenvalue weighted by Gasteiger charge is -2.67. The molecule has 0 spiro atoms. The predicted octanol–water partition coefficient (Wildman–Crippen LogP) is 3.22. The first-order chi connectivity index (χ1) is 27.7. The zero-order chi connectivity index (χ0) is 44.9. The fourth-order valence-corrected chi connectivity index (χ4v) is 9.39. The Morgan fingerprint density at radius 2 is 1.62 bits per heavy atom. The number of esters is 3. The number of ketones is 1. The van der Waals surface area contributed by atoms with Gasteiger partial charge in [0.1, 0.15) is 29.5 Å². The number of hydrogen-bond acceptors (Lipinski definition) is 15. The molecule has 2 bridgehead atoms. The molecule has 5 rings (SSSR count). The van der Waals surface area contributed by atoms with Crippen LogP contribution in [-0.4, -0.2) is 124 Å². The number of Topliss-reactive ketones (excluding diaryl/α,β-unsaturated/α-hetero) is 1. The summed E-state index contributed by atoms with van der Waals surface area (Å²) in [6.45, 7) is 15.1. The molecule has 0 radical (unpaired) electrons. The summed E-state index contributed by atoms with van der Waals surface area (Å²) in [6, 6.07) is 6.45. The molecule has 3 aliphatic carbocycles. The van der Waals surface area contributed by atoms with E-state index in [2.05, 4.69) is 10.6 Å². The van der Waals surface area contributed by atoms with E-state index in [9.17, 15) is 39.3 Å². The molecular weight excluding hydrogens is 784 g/mol. The van der Waals surface area contributed by atoms with Gasteiger partial charge >= 0.3 is 30.1 Å². The molecule has 0 aromatic heterocycles. The van der Waals surface area contributed by atoms with Crippen molar-refractivity contribution in [2.24, 2.45) is 16.7 Å². The molecule has 0 unspecified atom stereocenters. The van der Waals surface area contributed by atoms with Gasteiger partial charge < -0.3 is 54.4 Å². The molecule has 5 N–H and O–H groups in total. The smallest absolute Gasteiger partial charge is 0.408 e. The minimum absolute atomic E-state index is 0.0361. The number of carbonyl (C=O) groups is 6. The Labute approximate surface area is 349 Å². The molecular formula is C43H58N2O15. The van der Waals surface area contributed by atoms with Crippen LogP contribution >= 0.6 is 0 Å². The number of carbonyl (C=O) groups excluding carboxylic acids is 6. The van der Waals surface area contributed by atoms with E-state index in [0.717, 1.165) is 6.92 Å². The van der Waals surface area contributed by atoms with Crippen molar-refractivity contribution in [3.63, 3.8) is 0 Å². The van der Waals surface area contributed by atoms with Crippen LogP contribution in [0.2, 0.25) is 0 Å². The fourth-order valence-electron chi connectivity index (χ4n) is 9.39. The van der Waals surface area contributed by atoms with E-state index < -0.39 is 119 Å². The Hall–Kier alpha value is -4.84. The number of allylic oxidation sites excluding steroid dienone is 1. The van der Waals surface area contributed by atoms with Crippen molar-refractivity contribution < 1.29 is 72.5 Å². The summed E-state index contributed by atoms with van der Waals surface area (Å²) < 4.78 is 35.5. The molecule has 17 nitrogen and oxygen atoms in total. The standard InChI is InChI=1S/C43H58N2O15/c1-21(2)17-25(45-38(53)60-39(5,6)7)30(48)36(51)56-26-19-43(54)34(58-35(50)24-15-13-12-14-16-24)32-41(10,27(47)18-28-42(32,20-55-28)59-23(4)46)33(49)31(57-37(52)44-11)29(22(26)3)40(43,8)9/h12-17,25-28,30-32,34,47-48,54H,18-20H2,1-11H3,(H,44,52)(H,45,53)/t25-,26-,27-,28+,30+,31+,32-,34-,41+,42-,43+/m0/s1. The second kappa shape index (κ2) is 16.6. The van der Waals surface area contributed by atoms with Gasteiger partial charge in [-0.25, -0.2) is 19.2 Å². The first-order valence-electron chi connectivity index (χ1n) is 19.9. The first kappa shape index (κ1) is 46.2. The molecule has 11 atom stereocenters. The van der Waals surface area contributed by atoms with E-state index in [4.69, 9.17) is 28.4 Å². The Balaban J connectivity index is 1.74. The van der Waals surface area contributed by atoms with E-state index in [1.54, 1.807) is 66.7 Å². The highest BCUT2D eigenvalue weighted by atomic mass is 16.6. The number of aliphatic hydroxyl groups excluding tert-OH is 2. The van der Waals surface area contributed by atoms with Crippen molar-refractivity contribution in [3.8, 4) is 0 Å². The van der Waals surface area contributed by atoms with Crippen LogP contribution in [0.25, 0.3) is 0 Å². The molecule has 1 aromatic carbocycles. The lowest BCUT2D eigenvalue weighted by atomic mass is 9.44. The van der Waals surface area contributed by atoms with Gasteiger partial charge in [0.05, 0.1) is 35.6 Å². The van der Waals surface area contributed by atoms with E-state index in [1.807, 2.05) is 0 Å². The monoisotopic (exact) mass is 842 g/mol. The zero-order valence-corrected chi connectivity index (χ0v) is 35.9. The van der Waals surface area contributed by atoms with Gasteiger partial charge in [0, 0.05) is 32.2 Å². The first-order valence-corrected chi connectivity index (χ1v) is 19.9. The number of ether oxygens (including phenoxy) is 6. The van der Waals surface area contributed by atoms with Gasteiger partial charge in [-0.2, -0.15) is 0 Å². The number of nitrogens with one attached hydrogen (secondary N) is 2. The molecule has 4 aliphatic rings. The Bertz CT molecular complexity index is 1950. The van der Waals surface area contributed by atoms with Crippen LogP contribution < -0.4 is 10.6 Å². The van der Waals surface area contributed by atoms with Crippen LogP contribution in [0.4, 0.5) is 9.59 Å². The second-order valence-corrected chi connectivity index (χ2v) is 18.1. The third-order valence-corrected chi connectivity index (χ3v) is 12.4. The van der Waals surface area contributed by atoms with Gasteiger partial charge in [-0.15, -0.1) is 0 Å². The molecule has 1 saturated heterocycles. The van der Waals surface area contributed by atoms with E-state index in [-0.39, 0.29) is 29.7 Å². The quantitative estimate of drug-likeness (QED) is 0.136. The minimum atomic E-state index is -2.41. The maximum atomic E-state index is 15.5. The molecule has 330 valence electrons. The van der Waals surface area contributed by atoms with Crippen molar-refractivity contribution in [2.75, 3.05) is 13.7 Å². The lowest BCUT2D eigenvalue weighted by Crippen LogP contribution is -2.82. The van der Waals surface area contributed by atoms with Crippen molar-refractivity contribution in [3.05, 3.63) is 58.7 Å². The molecule has 2 amide bonds. The Morgan fingerprint density at radius 3 is 2.15 bits per heavy atom. The highest BCUT2D eigenvalue weighted by Gasteiger charge is 2.78. The van der Waals surface area contributed by atoms with Gasteiger partial charge in [-0.05, 0) is 71.7 Å². The fraction of sp³-hybridized carbons (Fsp3) is 0.628. The number of benzene rings is 1. The molecule has 3 fully saturated rings. The number of alkyl carbamates (subject to hydrolysis) is 2. The summed E-state index contributed by atoms with van der Waals surface area (Å²) in [5, 5.41) is 41.9. The number of aliphatic hydroxyl groups is 3. The zero-order valence-electron chi connectivity index (χ0n) is 35.9. The van der Waals surface area contributed by atoms with E-state index in [1.165, 1.54) is 39.1 Å². The average molecular weight is 843 g/mol. The average Bonchev–Trinajstić information content (AvgIpc) is 3.14. The van der Waals surface area contributed by atoms with Gasteiger partial charge in [-0.1, -0.05) is 43.7 Å². The van der Waals surface area contributed by atoms with Crippen molar-refractivity contribution in [1.82, 2.24) is 10.6 Å². The van der Waals surface area contributed by atoms with Crippen LogP contribution in [0, 0.1) is 16.7 Å². The Morgan fingerprint density at radius 1 is 0.983 bits per heavy atom. The van der Waals surface area contributed by atoms with Crippen molar-refractivity contribution in [2.45, 2.75) is 142 Å². The lowest BCUT2D eigenvalue weighted by molar-refractivity contribution is -0.345. The molecule has 1 aliphatic heterocycles.